The molecule has 6 nitrogen and oxygen atoms in total. The maximum absolute atomic E-state index is 12.7. The highest BCUT2D eigenvalue weighted by molar-refractivity contribution is 7.89. The number of rotatable bonds is 6. The second-order valence-corrected chi connectivity index (χ2v) is 7.77. The number of hydrogen-bond acceptors (Lipinski definition) is 4. The number of aromatic amines is 1. The van der Waals surface area contributed by atoms with Crippen molar-refractivity contribution in [2.24, 2.45) is 5.92 Å². The smallest absolute Gasteiger partial charge is 0.246 e. The monoisotopic (exact) mass is 314 g/mol. The fourth-order valence-electron chi connectivity index (χ4n) is 2.88. The Labute approximate surface area is 127 Å². The Morgan fingerprint density at radius 2 is 2.33 bits per heavy atom. The van der Waals surface area contributed by atoms with Gasteiger partial charge in [-0.05, 0) is 45.6 Å². The van der Waals surface area contributed by atoms with Crippen molar-refractivity contribution in [1.82, 2.24) is 19.8 Å². The van der Waals surface area contributed by atoms with Crippen LogP contribution in [0.25, 0.3) is 0 Å². The van der Waals surface area contributed by atoms with Crippen LogP contribution in [-0.4, -0.2) is 48.6 Å². The first-order valence-corrected chi connectivity index (χ1v) is 9.14. The molecule has 0 bridgehead atoms. The molecule has 0 amide bonds. The maximum Gasteiger partial charge on any atom is 0.246 e. The molecule has 1 aromatic rings. The van der Waals surface area contributed by atoms with Gasteiger partial charge >= 0.3 is 0 Å². The number of piperidine rings is 1. The standard InChI is InChI=1S/C14H26N4O2S/c1-4-7-15-11(2)13-6-5-8-18(10-13)21(19,20)14-9-16-17-12(14)3/h9,11,13,15H,4-8,10H2,1-3H3,(H,16,17). The molecule has 1 aliphatic heterocycles. The lowest BCUT2D eigenvalue weighted by atomic mass is 9.93. The summed E-state index contributed by atoms with van der Waals surface area (Å²) in [4.78, 5) is 0.303. The van der Waals surface area contributed by atoms with Gasteiger partial charge in [-0.15, -0.1) is 0 Å². The zero-order valence-corrected chi connectivity index (χ0v) is 13.9. The van der Waals surface area contributed by atoms with E-state index in [0.717, 1.165) is 25.8 Å². The fourth-order valence-corrected chi connectivity index (χ4v) is 4.53. The predicted octanol–water partition coefficient (Wildman–Crippen LogP) is 1.51. The molecule has 2 N–H and O–H groups in total. The Bertz CT molecular complexity index is 555. The van der Waals surface area contributed by atoms with Crippen LogP contribution in [0.2, 0.25) is 0 Å². The molecule has 0 radical (unpaired) electrons. The van der Waals surface area contributed by atoms with Crippen molar-refractivity contribution in [1.29, 1.82) is 0 Å². The van der Waals surface area contributed by atoms with E-state index in [9.17, 15) is 8.42 Å². The van der Waals surface area contributed by atoms with Gasteiger partial charge in [-0.3, -0.25) is 5.10 Å². The van der Waals surface area contributed by atoms with Crippen LogP contribution >= 0.6 is 0 Å². The molecule has 0 aromatic carbocycles. The molecule has 0 saturated carbocycles. The molecular formula is C14H26N4O2S. The summed E-state index contributed by atoms with van der Waals surface area (Å²) in [6, 6.07) is 0.341. The van der Waals surface area contributed by atoms with Gasteiger partial charge in [-0.25, -0.2) is 8.42 Å². The van der Waals surface area contributed by atoms with Crippen LogP contribution in [0.3, 0.4) is 0 Å². The molecule has 2 atom stereocenters. The minimum absolute atomic E-state index is 0.303. The number of nitrogens with one attached hydrogen (secondary N) is 2. The normalized spacial score (nSPS) is 22.3. The zero-order chi connectivity index (χ0) is 15.5. The largest absolute Gasteiger partial charge is 0.314 e. The van der Waals surface area contributed by atoms with Crippen LogP contribution < -0.4 is 5.32 Å². The summed E-state index contributed by atoms with van der Waals surface area (Å²) in [7, 11) is -3.42. The Morgan fingerprint density at radius 1 is 1.57 bits per heavy atom. The van der Waals surface area contributed by atoms with Gasteiger partial charge in [-0.1, -0.05) is 6.92 Å². The molecule has 1 saturated heterocycles. The Morgan fingerprint density at radius 3 is 2.95 bits per heavy atom. The van der Waals surface area contributed by atoms with E-state index in [4.69, 9.17) is 0 Å². The van der Waals surface area contributed by atoms with Gasteiger partial charge in [0.1, 0.15) is 4.90 Å². The number of sulfonamides is 1. The lowest BCUT2D eigenvalue weighted by Crippen LogP contribution is -2.46. The third-order valence-electron chi connectivity index (χ3n) is 4.25. The molecule has 120 valence electrons. The lowest BCUT2D eigenvalue weighted by Gasteiger charge is -2.35. The quantitative estimate of drug-likeness (QED) is 0.834. The first-order chi connectivity index (χ1) is 9.96. The van der Waals surface area contributed by atoms with E-state index in [1.54, 1.807) is 11.2 Å². The lowest BCUT2D eigenvalue weighted by molar-refractivity contribution is 0.224. The third kappa shape index (κ3) is 3.64. The molecule has 21 heavy (non-hydrogen) atoms. The predicted molar refractivity (Wildman–Crippen MR) is 82.6 cm³/mol. The molecule has 2 heterocycles. The Hall–Kier alpha value is -0.920. The van der Waals surface area contributed by atoms with Gasteiger partial charge in [0, 0.05) is 19.1 Å². The first-order valence-electron chi connectivity index (χ1n) is 7.70. The maximum atomic E-state index is 12.7. The summed E-state index contributed by atoms with van der Waals surface area (Å²) in [5, 5.41) is 10.0. The van der Waals surface area contributed by atoms with E-state index in [-0.39, 0.29) is 0 Å². The highest BCUT2D eigenvalue weighted by Gasteiger charge is 2.33. The van der Waals surface area contributed by atoms with Crippen LogP contribution in [-0.2, 0) is 10.0 Å². The molecule has 2 unspecified atom stereocenters. The number of aryl methyl sites for hydroxylation is 1. The summed E-state index contributed by atoms with van der Waals surface area (Å²) in [6.45, 7) is 8.20. The SMILES string of the molecule is CCCNC(C)C1CCCN(S(=O)(=O)c2cn[nH]c2C)C1. The summed E-state index contributed by atoms with van der Waals surface area (Å²) < 4.78 is 27.0. The van der Waals surface area contributed by atoms with Crippen LogP contribution in [0, 0.1) is 12.8 Å². The van der Waals surface area contributed by atoms with E-state index < -0.39 is 10.0 Å². The van der Waals surface area contributed by atoms with Crippen LogP contribution in [0.5, 0.6) is 0 Å². The molecule has 0 spiro atoms. The second kappa shape index (κ2) is 6.89. The van der Waals surface area contributed by atoms with Gasteiger partial charge < -0.3 is 5.32 Å². The van der Waals surface area contributed by atoms with Crippen LogP contribution in [0.15, 0.2) is 11.1 Å². The topological polar surface area (TPSA) is 78.1 Å². The molecule has 1 aliphatic rings. The molecule has 2 rings (SSSR count). The van der Waals surface area contributed by atoms with E-state index in [1.807, 2.05) is 0 Å². The van der Waals surface area contributed by atoms with Crippen molar-refractivity contribution in [3.05, 3.63) is 11.9 Å². The third-order valence-corrected chi connectivity index (χ3v) is 6.22. The molecule has 1 fully saturated rings. The Kier molecular flexibility index (Phi) is 5.40. The van der Waals surface area contributed by atoms with Crippen molar-refractivity contribution in [3.63, 3.8) is 0 Å². The highest BCUT2D eigenvalue weighted by atomic mass is 32.2. The molecule has 1 aromatic heterocycles. The second-order valence-electron chi connectivity index (χ2n) is 5.87. The van der Waals surface area contributed by atoms with E-state index in [2.05, 4.69) is 29.4 Å². The van der Waals surface area contributed by atoms with E-state index >= 15 is 0 Å². The average molecular weight is 314 g/mol. The number of nitrogens with zero attached hydrogens (tertiary/aromatic N) is 2. The first kappa shape index (κ1) is 16.5. The van der Waals surface area contributed by atoms with Gasteiger partial charge in [0.05, 0.1) is 11.9 Å². The summed E-state index contributed by atoms with van der Waals surface area (Å²) in [5.74, 6) is 0.368. The minimum atomic E-state index is -3.42. The van der Waals surface area contributed by atoms with Gasteiger partial charge in [-0.2, -0.15) is 9.40 Å². The van der Waals surface area contributed by atoms with Crippen molar-refractivity contribution < 1.29 is 8.42 Å². The molecule has 7 heteroatoms. The van der Waals surface area contributed by atoms with Crippen molar-refractivity contribution in [2.75, 3.05) is 19.6 Å². The zero-order valence-electron chi connectivity index (χ0n) is 13.1. The van der Waals surface area contributed by atoms with Crippen LogP contribution in [0.4, 0.5) is 0 Å². The summed E-state index contributed by atoms with van der Waals surface area (Å²) in [6.07, 6.45) is 4.49. The van der Waals surface area contributed by atoms with E-state index in [0.29, 0.717) is 35.6 Å². The number of aromatic nitrogens is 2. The van der Waals surface area contributed by atoms with E-state index in [1.165, 1.54) is 6.20 Å². The van der Waals surface area contributed by atoms with Gasteiger partial charge in [0.2, 0.25) is 10.0 Å². The highest BCUT2D eigenvalue weighted by Crippen LogP contribution is 2.26. The average Bonchev–Trinajstić information content (AvgIpc) is 2.91. The van der Waals surface area contributed by atoms with Gasteiger partial charge in [0.15, 0.2) is 0 Å². The molecule has 0 aliphatic carbocycles. The summed E-state index contributed by atoms with van der Waals surface area (Å²) >= 11 is 0. The van der Waals surface area contributed by atoms with Crippen molar-refractivity contribution in [2.45, 2.75) is 51.0 Å². The summed E-state index contributed by atoms with van der Waals surface area (Å²) in [5.41, 5.74) is 0.606. The minimum Gasteiger partial charge on any atom is -0.314 e. The molecular weight excluding hydrogens is 288 g/mol. The van der Waals surface area contributed by atoms with Gasteiger partial charge in [0.25, 0.3) is 0 Å². The van der Waals surface area contributed by atoms with Crippen molar-refractivity contribution >= 4 is 10.0 Å². The number of H-pyrrole nitrogens is 1. The Balaban J connectivity index is 2.09. The fraction of sp³-hybridized carbons (Fsp3) is 0.786. The van der Waals surface area contributed by atoms with Crippen molar-refractivity contribution in [3.8, 4) is 0 Å². The number of hydrogen-bond donors (Lipinski definition) is 2. The van der Waals surface area contributed by atoms with Crippen LogP contribution in [0.1, 0.15) is 38.8 Å².